The smallest absolute Gasteiger partial charge is 0.0837 e. The molecular formula is C15H19BrClN3. The number of aryl methyl sites for hydroxylation is 1. The average Bonchev–Trinajstić information content (AvgIpc) is 2.72. The van der Waals surface area contributed by atoms with Crippen LogP contribution in [0.3, 0.4) is 0 Å². The lowest BCUT2D eigenvalue weighted by atomic mass is 10.0. The monoisotopic (exact) mass is 355 g/mol. The first kappa shape index (κ1) is 15.5. The number of aromatic nitrogens is 2. The molecule has 0 aliphatic carbocycles. The highest BCUT2D eigenvalue weighted by Gasteiger charge is 2.22. The van der Waals surface area contributed by atoms with E-state index in [0.29, 0.717) is 5.02 Å². The van der Waals surface area contributed by atoms with Crippen LogP contribution in [-0.2, 0) is 0 Å². The molecule has 20 heavy (non-hydrogen) atoms. The molecule has 0 fully saturated rings. The zero-order valence-electron chi connectivity index (χ0n) is 12.1. The van der Waals surface area contributed by atoms with Crippen LogP contribution in [0.2, 0.25) is 5.02 Å². The molecule has 1 aromatic heterocycles. The van der Waals surface area contributed by atoms with E-state index in [4.69, 9.17) is 11.6 Å². The van der Waals surface area contributed by atoms with E-state index in [0.717, 1.165) is 10.2 Å². The molecule has 0 saturated heterocycles. The van der Waals surface area contributed by atoms with Crippen LogP contribution in [0.25, 0.3) is 0 Å². The van der Waals surface area contributed by atoms with Gasteiger partial charge in [0.1, 0.15) is 0 Å². The summed E-state index contributed by atoms with van der Waals surface area (Å²) in [5.74, 6) is 0. The van der Waals surface area contributed by atoms with E-state index in [1.54, 1.807) is 6.20 Å². The average molecular weight is 357 g/mol. The van der Waals surface area contributed by atoms with Crippen LogP contribution in [0.1, 0.15) is 42.8 Å². The Balaban J connectivity index is 2.55. The number of rotatable bonds is 4. The molecule has 1 N–H and O–H groups in total. The number of benzene rings is 1. The van der Waals surface area contributed by atoms with Gasteiger partial charge in [-0.05, 0) is 51.1 Å². The Morgan fingerprint density at radius 2 is 2.00 bits per heavy atom. The molecule has 5 heteroatoms. The molecule has 0 saturated carbocycles. The first-order valence-corrected chi connectivity index (χ1v) is 7.78. The van der Waals surface area contributed by atoms with Crippen LogP contribution in [-0.4, -0.2) is 16.8 Å². The van der Waals surface area contributed by atoms with Crippen molar-refractivity contribution in [2.24, 2.45) is 0 Å². The van der Waals surface area contributed by atoms with Gasteiger partial charge >= 0.3 is 0 Å². The van der Waals surface area contributed by atoms with Crippen LogP contribution < -0.4 is 5.32 Å². The molecule has 0 spiro atoms. The number of hydrogen-bond acceptors (Lipinski definition) is 2. The number of nitrogens with zero attached hydrogens (tertiary/aromatic N) is 2. The van der Waals surface area contributed by atoms with Crippen molar-refractivity contribution in [3.05, 3.63) is 50.7 Å². The Bertz CT molecular complexity index is 587. The third kappa shape index (κ3) is 3.08. The fourth-order valence-corrected chi connectivity index (χ4v) is 3.29. The van der Waals surface area contributed by atoms with Crippen molar-refractivity contribution >= 4 is 27.5 Å². The predicted molar refractivity (Wildman–Crippen MR) is 87.4 cm³/mol. The maximum atomic E-state index is 6.36. The molecule has 1 aromatic carbocycles. The number of halogens is 2. The van der Waals surface area contributed by atoms with E-state index in [2.05, 4.69) is 65.3 Å². The molecule has 0 amide bonds. The van der Waals surface area contributed by atoms with Gasteiger partial charge < -0.3 is 5.32 Å². The maximum Gasteiger partial charge on any atom is 0.0837 e. The van der Waals surface area contributed by atoms with E-state index in [-0.39, 0.29) is 12.1 Å². The highest BCUT2D eigenvalue weighted by Crippen LogP contribution is 2.31. The summed E-state index contributed by atoms with van der Waals surface area (Å²) in [6.07, 6.45) is 1.71. The van der Waals surface area contributed by atoms with Gasteiger partial charge in [0.15, 0.2) is 0 Å². The van der Waals surface area contributed by atoms with Crippen molar-refractivity contribution in [3.63, 3.8) is 0 Å². The molecule has 2 aromatic rings. The van der Waals surface area contributed by atoms with Crippen LogP contribution in [0.5, 0.6) is 0 Å². The van der Waals surface area contributed by atoms with E-state index in [1.165, 1.54) is 11.1 Å². The fraction of sp³-hybridized carbons (Fsp3) is 0.400. The lowest BCUT2D eigenvalue weighted by molar-refractivity contribution is 0.484. The topological polar surface area (TPSA) is 29.9 Å². The minimum atomic E-state index is 0.0172. The molecule has 0 bridgehead atoms. The van der Waals surface area contributed by atoms with Crippen LogP contribution >= 0.6 is 27.5 Å². The summed E-state index contributed by atoms with van der Waals surface area (Å²) in [6, 6.07) is 6.66. The Kier molecular flexibility index (Phi) is 4.89. The van der Waals surface area contributed by atoms with Crippen molar-refractivity contribution in [2.45, 2.75) is 32.9 Å². The van der Waals surface area contributed by atoms with E-state index in [1.807, 2.05) is 11.7 Å². The summed E-state index contributed by atoms with van der Waals surface area (Å²) in [4.78, 5) is 0. The second-order valence-corrected chi connectivity index (χ2v) is 6.52. The standard InChI is InChI=1S/C15H19BrClN3/c1-9(2)20-15(13(17)8-19-20)14(18-4)11-5-10(3)6-12(16)7-11/h5-9,14,18H,1-4H3. The van der Waals surface area contributed by atoms with Crippen molar-refractivity contribution in [3.8, 4) is 0 Å². The SMILES string of the molecule is CNC(c1cc(C)cc(Br)c1)c1c(Cl)cnn1C(C)C. The van der Waals surface area contributed by atoms with Crippen molar-refractivity contribution in [1.29, 1.82) is 0 Å². The second-order valence-electron chi connectivity index (χ2n) is 5.20. The molecule has 0 radical (unpaired) electrons. The van der Waals surface area contributed by atoms with Crippen molar-refractivity contribution < 1.29 is 0 Å². The quantitative estimate of drug-likeness (QED) is 0.874. The largest absolute Gasteiger partial charge is 0.308 e. The molecule has 2 rings (SSSR count). The van der Waals surface area contributed by atoms with Gasteiger partial charge in [0.05, 0.1) is 23.0 Å². The van der Waals surface area contributed by atoms with E-state index >= 15 is 0 Å². The summed E-state index contributed by atoms with van der Waals surface area (Å²) in [5.41, 5.74) is 3.38. The Hall–Kier alpha value is -0.840. The third-order valence-electron chi connectivity index (χ3n) is 3.24. The molecule has 3 nitrogen and oxygen atoms in total. The lowest BCUT2D eigenvalue weighted by Crippen LogP contribution is -2.23. The van der Waals surface area contributed by atoms with E-state index < -0.39 is 0 Å². The van der Waals surface area contributed by atoms with Gasteiger partial charge in [-0.1, -0.05) is 33.6 Å². The molecule has 0 aliphatic heterocycles. The van der Waals surface area contributed by atoms with Crippen LogP contribution in [0.4, 0.5) is 0 Å². The predicted octanol–water partition coefficient (Wildman–Crippen LogP) is 4.50. The Labute approximate surface area is 133 Å². The molecule has 1 heterocycles. The molecule has 1 atom stereocenters. The Morgan fingerprint density at radius 3 is 2.55 bits per heavy atom. The van der Waals surface area contributed by atoms with Gasteiger partial charge in [0, 0.05) is 10.5 Å². The summed E-state index contributed by atoms with van der Waals surface area (Å²) in [6.45, 7) is 6.29. The third-order valence-corrected chi connectivity index (χ3v) is 3.99. The maximum absolute atomic E-state index is 6.36. The zero-order valence-corrected chi connectivity index (χ0v) is 14.5. The van der Waals surface area contributed by atoms with Gasteiger partial charge in [0.2, 0.25) is 0 Å². The van der Waals surface area contributed by atoms with Gasteiger partial charge in [0.25, 0.3) is 0 Å². The lowest BCUT2D eigenvalue weighted by Gasteiger charge is -2.21. The summed E-state index contributed by atoms with van der Waals surface area (Å²) < 4.78 is 3.04. The molecule has 1 unspecified atom stereocenters. The zero-order chi connectivity index (χ0) is 14.9. The van der Waals surface area contributed by atoms with Crippen molar-refractivity contribution in [2.75, 3.05) is 7.05 Å². The molecular weight excluding hydrogens is 338 g/mol. The van der Waals surface area contributed by atoms with Crippen LogP contribution in [0, 0.1) is 6.92 Å². The normalized spacial score (nSPS) is 12.9. The minimum Gasteiger partial charge on any atom is -0.308 e. The first-order valence-electron chi connectivity index (χ1n) is 6.61. The van der Waals surface area contributed by atoms with Gasteiger partial charge in [-0.15, -0.1) is 0 Å². The number of nitrogens with one attached hydrogen (secondary N) is 1. The van der Waals surface area contributed by atoms with Crippen LogP contribution in [0.15, 0.2) is 28.9 Å². The minimum absolute atomic E-state index is 0.0172. The molecule has 0 aliphatic rings. The summed E-state index contributed by atoms with van der Waals surface area (Å²) in [7, 11) is 1.94. The summed E-state index contributed by atoms with van der Waals surface area (Å²) >= 11 is 9.91. The number of hydrogen-bond donors (Lipinski definition) is 1. The van der Waals surface area contributed by atoms with Gasteiger partial charge in [-0.2, -0.15) is 5.10 Å². The Morgan fingerprint density at radius 1 is 1.30 bits per heavy atom. The highest BCUT2D eigenvalue weighted by atomic mass is 79.9. The summed E-state index contributed by atoms with van der Waals surface area (Å²) in [5, 5.41) is 8.42. The highest BCUT2D eigenvalue weighted by molar-refractivity contribution is 9.10. The van der Waals surface area contributed by atoms with E-state index in [9.17, 15) is 0 Å². The van der Waals surface area contributed by atoms with Gasteiger partial charge in [-0.3, -0.25) is 4.68 Å². The first-order chi connectivity index (χ1) is 9.43. The second kappa shape index (κ2) is 6.29. The fourth-order valence-electron chi connectivity index (χ4n) is 2.42. The van der Waals surface area contributed by atoms with Gasteiger partial charge in [-0.25, -0.2) is 0 Å². The molecule has 108 valence electrons. The van der Waals surface area contributed by atoms with Crippen molar-refractivity contribution in [1.82, 2.24) is 15.1 Å².